The van der Waals surface area contributed by atoms with E-state index in [1.54, 1.807) is 19.0 Å². The fraction of sp³-hybridized carbons (Fsp3) is 0.765. The molecule has 1 N–H and O–H groups in total. The van der Waals surface area contributed by atoms with Crippen LogP contribution in [0.15, 0.2) is 17.6 Å². The monoisotopic (exact) mass is 451 g/mol. The number of carbonyl (C=O) groups excluding carboxylic acids is 1. The van der Waals surface area contributed by atoms with Gasteiger partial charge in [-0.1, -0.05) is 19.9 Å². The van der Waals surface area contributed by atoms with E-state index in [4.69, 9.17) is 0 Å². The average Bonchev–Trinajstić information content (AvgIpc) is 3.00. The first-order chi connectivity index (χ1) is 11.0. The minimum atomic E-state index is 0. The molecule has 0 aromatic heterocycles. The largest absolute Gasteiger partial charge is 0.353 e. The van der Waals surface area contributed by atoms with E-state index < -0.39 is 0 Å². The number of guanidine groups is 1. The van der Waals surface area contributed by atoms with E-state index in [-0.39, 0.29) is 36.4 Å². The summed E-state index contributed by atoms with van der Waals surface area (Å²) in [5, 5.41) is 3.28. The maximum Gasteiger partial charge on any atom is 0.243 e. The predicted octanol–water partition coefficient (Wildman–Crippen LogP) is 1.49. The molecular formula is C17H34IN5O. The molecular weight excluding hydrogens is 417 g/mol. The fourth-order valence-corrected chi connectivity index (χ4v) is 2.74. The molecule has 1 saturated heterocycles. The molecule has 0 bridgehead atoms. The third-order valence-corrected chi connectivity index (χ3v) is 4.26. The lowest BCUT2D eigenvalue weighted by Crippen LogP contribution is -2.41. The van der Waals surface area contributed by atoms with Gasteiger partial charge in [0, 0.05) is 40.3 Å². The van der Waals surface area contributed by atoms with Gasteiger partial charge in [-0.05, 0) is 25.4 Å². The van der Waals surface area contributed by atoms with E-state index in [1.807, 2.05) is 6.08 Å². The quantitative estimate of drug-likeness (QED) is 0.263. The smallest absolute Gasteiger partial charge is 0.243 e. The van der Waals surface area contributed by atoms with Crippen LogP contribution in [0.1, 0.15) is 20.3 Å². The van der Waals surface area contributed by atoms with Crippen molar-refractivity contribution in [3.05, 3.63) is 12.7 Å². The number of amides is 1. The Labute approximate surface area is 164 Å². The summed E-state index contributed by atoms with van der Waals surface area (Å²) in [5.41, 5.74) is 0. The normalized spacial score (nSPS) is 17.6. The van der Waals surface area contributed by atoms with Crippen molar-refractivity contribution < 1.29 is 4.79 Å². The number of likely N-dealkylation sites (N-methyl/N-ethyl adjacent to an activating group) is 1. The summed E-state index contributed by atoms with van der Waals surface area (Å²) in [6.45, 7) is 14.3. The number of hydrogen-bond acceptors (Lipinski definition) is 3. The molecule has 0 radical (unpaired) electrons. The van der Waals surface area contributed by atoms with E-state index in [9.17, 15) is 4.79 Å². The summed E-state index contributed by atoms with van der Waals surface area (Å²) in [5.74, 6) is 1.50. The molecule has 0 spiro atoms. The lowest BCUT2D eigenvalue weighted by molar-refractivity contribution is -0.127. The summed E-state index contributed by atoms with van der Waals surface area (Å²) in [6, 6.07) is 0. The highest BCUT2D eigenvalue weighted by molar-refractivity contribution is 14.0. The molecule has 6 nitrogen and oxygen atoms in total. The van der Waals surface area contributed by atoms with E-state index in [1.165, 1.54) is 6.42 Å². The van der Waals surface area contributed by atoms with Crippen molar-refractivity contribution in [1.82, 2.24) is 20.0 Å². The van der Waals surface area contributed by atoms with Crippen LogP contribution in [0.2, 0.25) is 0 Å². The van der Waals surface area contributed by atoms with Gasteiger partial charge in [0.25, 0.3) is 0 Å². The van der Waals surface area contributed by atoms with Gasteiger partial charge in [0.2, 0.25) is 5.91 Å². The number of nitrogens with zero attached hydrogens (tertiary/aromatic N) is 4. The van der Waals surface area contributed by atoms with Crippen LogP contribution in [-0.4, -0.2) is 86.5 Å². The number of aliphatic imine (C=N–C) groups is 1. The molecule has 0 saturated carbocycles. The molecule has 24 heavy (non-hydrogen) atoms. The second-order valence-corrected chi connectivity index (χ2v) is 6.18. The molecule has 0 aliphatic carbocycles. The minimum absolute atomic E-state index is 0. The van der Waals surface area contributed by atoms with E-state index in [0.29, 0.717) is 12.5 Å². The molecule has 1 rings (SSSR count). The number of carbonyl (C=O) groups is 1. The molecule has 7 heteroatoms. The first kappa shape index (κ1) is 23.2. The number of halogens is 1. The van der Waals surface area contributed by atoms with Gasteiger partial charge in [-0.3, -0.25) is 4.79 Å². The van der Waals surface area contributed by atoms with Crippen LogP contribution in [-0.2, 0) is 4.79 Å². The Hall–Kier alpha value is -0.830. The SMILES string of the molecule is C=CCNC(=NCC(=O)N(C)C)N1CCC(CN(CC)CC)C1.I. The molecule has 0 aromatic rings. The van der Waals surface area contributed by atoms with Gasteiger partial charge in [-0.15, -0.1) is 30.6 Å². The van der Waals surface area contributed by atoms with Gasteiger partial charge in [-0.2, -0.15) is 0 Å². The van der Waals surface area contributed by atoms with Crippen molar-refractivity contribution >= 4 is 35.8 Å². The summed E-state index contributed by atoms with van der Waals surface area (Å²) in [7, 11) is 3.51. The molecule has 0 aromatic carbocycles. The Morgan fingerprint density at radius 3 is 2.58 bits per heavy atom. The standard InChI is InChI=1S/C17H33N5O.HI/c1-6-10-18-17(19-12-16(23)20(4)5)22-11-9-15(14-22)13-21(7-2)8-3;/h6,15H,1,7-14H2,2-5H3,(H,18,19);1H. The Kier molecular flexibility index (Phi) is 12.1. The van der Waals surface area contributed by atoms with Crippen molar-refractivity contribution in [2.24, 2.45) is 10.9 Å². The molecule has 1 aliphatic heterocycles. The molecule has 1 unspecified atom stereocenters. The van der Waals surface area contributed by atoms with Crippen molar-refractivity contribution in [2.45, 2.75) is 20.3 Å². The Morgan fingerprint density at radius 2 is 2.04 bits per heavy atom. The zero-order valence-corrected chi connectivity index (χ0v) is 18.0. The molecule has 1 heterocycles. The van der Waals surface area contributed by atoms with Crippen molar-refractivity contribution in [2.75, 3.05) is 59.9 Å². The van der Waals surface area contributed by atoms with Gasteiger partial charge in [0.15, 0.2) is 5.96 Å². The maximum atomic E-state index is 11.8. The fourth-order valence-electron chi connectivity index (χ4n) is 2.74. The molecule has 140 valence electrons. The second-order valence-electron chi connectivity index (χ2n) is 6.18. The minimum Gasteiger partial charge on any atom is -0.353 e. The van der Waals surface area contributed by atoms with Crippen molar-refractivity contribution in [3.8, 4) is 0 Å². The molecule has 1 aliphatic rings. The second kappa shape index (κ2) is 12.5. The van der Waals surface area contributed by atoms with Crippen LogP contribution in [0, 0.1) is 5.92 Å². The highest BCUT2D eigenvalue weighted by Gasteiger charge is 2.26. The number of likely N-dealkylation sites (tertiary alicyclic amines) is 1. The van der Waals surface area contributed by atoms with Crippen LogP contribution >= 0.6 is 24.0 Å². The highest BCUT2D eigenvalue weighted by Crippen LogP contribution is 2.17. The lowest BCUT2D eigenvalue weighted by Gasteiger charge is -2.24. The van der Waals surface area contributed by atoms with E-state index >= 15 is 0 Å². The summed E-state index contributed by atoms with van der Waals surface area (Å²) in [4.78, 5) is 22.6. The van der Waals surface area contributed by atoms with Crippen LogP contribution in [0.5, 0.6) is 0 Å². The van der Waals surface area contributed by atoms with Gasteiger partial charge >= 0.3 is 0 Å². The lowest BCUT2D eigenvalue weighted by atomic mass is 10.1. The summed E-state index contributed by atoms with van der Waals surface area (Å²) in [6.07, 6.45) is 2.99. The van der Waals surface area contributed by atoms with Crippen LogP contribution < -0.4 is 5.32 Å². The zero-order chi connectivity index (χ0) is 17.2. The third-order valence-electron chi connectivity index (χ3n) is 4.26. The molecule has 1 fully saturated rings. The highest BCUT2D eigenvalue weighted by atomic mass is 127. The summed E-state index contributed by atoms with van der Waals surface area (Å²) >= 11 is 0. The van der Waals surface area contributed by atoms with Crippen molar-refractivity contribution in [3.63, 3.8) is 0 Å². The number of rotatable bonds is 8. The van der Waals surface area contributed by atoms with Crippen LogP contribution in [0.4, 0.5) is 0 Å². The molecule has 1 amide bonds. The number of hydrogen-bond donors (Lipinski definition) is 1. The van der Waals surface area contributed by atoms with E-state index in [0.717, 1.165) is 38.7 Å². The maximum absolute atomic E-state index is 11.8. The topological polar surface area (TPSA) is 51.2 Å². The molecule has 1 atom stereocenters. The third kappa shape index (κ3) is 7.83. The van der Waals surface area contributed by atoms with Gasteiger partial charge in [-0.25, -0.2) is 4.99 Å². The van der Waals surface area contributed by atoms with Crippen LogP contribution in [0.3, 0.4) is 0 Å². The van der Waals surface area contributed by atoms with E-state index in [2.05, 4.69) is 40.5 Å². The first-order valence-electron chi connectivity index (χ1n) is 8.58. The summed E-state index contributed by atoms with van der Waals surface area (Å²) < 4.78 is 0. The Morgan fingerprint density at radius 1 is 1.38 bits per heavy atom. The van der Waals surface area contributed by atoms with Gasteiger partial charge in [0.05, 0.1) is 0 Å². The Balaban J connectivity index is 0.00000529. The zero-order valence-electron chi connectivity index (χ0n) is 15.6. The first-order valence-corrected chi connectivity index (χ1v) is 8.58. The average molecular weight is 451 g/mol. The van der Waals surface area contributed by atoms with Crippen LogP contribution in [0.25, 0.3) is 0 Å². The van der Waals surface area contributed by atoms with Crippen molar-refractivity contribution in [1.29, 1.82) is 0 Å². The number of nitrogens with one attached hydrogen (secondary N) is 1. The van der Waals surface area contributed by atoms with Gasteiger partial charge < -0.3 is 20.0 Å². The predicted molar refractivity (Wildman–Crippen MR) is 112 cm³/mol. The van der Waals surface area contributed by atoms with Gasteiger partial charge in [0.1, 0.15) is 6.54 Å². The Bertz CT molecular complexity index is 410.